The van der Waals surface area contributed by atoms with Crippen LogP contribution in [0.5, 0.6) is 5.75 Å². The number of aliphatic hydroxyl groups is 1. The van der Waals surface area contributed by atoms with E-state index >= 15 is 0 Å². The van der Waals surface area contributed by atoms with E-state index in [1.54, 1.807) is 7.11 Å². The van der Waals surface area contributed by atoms with Crippen LogP contribution in [0, 0.1) is 0 Å². The molecule has 0 aromatic heterocycles. The molecule has 3 heteroatoms. The fourth-order valence-electron chi connectivity index (χ4n) is 1.89. The molecule has 0 heterocycles. The van der Waals surface area contributed by atoms with Crippen molar-refractivity contribution in [2.24, 2.45) is 5.73 Å². The van der Waals surface area contributed by atoms with Crippen molar-refractivity contribution in [3.05, 3.63) is 42.0 Å². The molecule has 0 aliphatic heterocycles. The van der Waals surface area contributed by atoms with Gasteiger partial charge in [0, 0.05) is 11.9 Å². The van der Waals surface area contributed by atoms with Crippen LogP contribution in [0.3, 0.4) is 0 Å². The number of ether oxygens (including phenoxy) is 1. The maximum Gasteiger partial charge on any atom is 0.126 e. The zero-order valence-corrected chi connectivity index (χ0v) is 9.18. The van der Waals surface area contributed by atoms with Crippen molar-refractivity contribution < 1.29 is 9.84 Å². The average Bonchev–Trinajstić information content (AvgIpc) is 2.36. The molecule has 0 fully saturated rings. The van der Waals surface area contributed by atoms with Crippen LogP contribution in [0.1, 0.15) is 11.7 Å². The highest BCUT2D eigenvalue weighted by molar-refractivity contribution is 5.91. The van der Waals surface area contributed by atoms with Gasteiger partial charge in [0.15, 0.2) is 0 Å². The summed E-state index contributed by atoms with van der Waals surface area (Å²) in [5.74, 6) is 0.809. The van der Waals surface area contributed by atoms with Crippen LogP contribution in [0.15, 0.2) is 36.4 Å². The molecular formula is C13H15NO2. The molecule has 0 spiro atoms. The summed E-state index contributed by atoms with van der Waals surface area (Å²) >= 11 is 0. The van der Waals surface area contributed by atoms with Crippen molar-refractivity contribution in [1.82, 2.24) is 0 Å². The molecule has 2 rings (SSSR count). The number of fused-ring (bicyclic) bond motifs is 1. The van der Waals surface area contributed by atoms with E-state index < -0.39 is 6.10 Å². The topological polar surface area (TPSA) is 55.5 Å². The van der Waals surface area contributed by atoms with Gasteiger partial charge in [-0.15, -0.1) is 0 Å². The summed E-state index contributed by atoms with van der Waals surface area (Å²) in [5.41, 5.74) is 6.33. The zero-order chi connectivity index (χ0) is 11.5. The Bertz CT molecular complexity index is 496. The Morgan fingerprint density at radius 3 is 2.50 bits per heavy atom. The molecule has 3 N–H and O–H groups in total. The van der Waals surface area contributed by atoms with Gasteiger partial charge in [-0.25, -0.2) is 0 Å². The SMILES string of the molecule is COc1ccc([C@@H](O)CN)c2ccccc12. The van der Waals surface area contributed by atoms with Gasteiger partial charge < -0.3 is 15.6 Å². The van der Waals surface area contributed by atoms with Gasteiger partial charge in [0.1, 0.15) is 5.75 Å². The summed E-state index contributed by atoms with van der Waals surface area (Å²) < 4.78 is 5.28. The van der Waals surface area contributed by atoms with Crippen molar-refractivity contribution in [3.63, 3.8) is 0 Å². The highest BCUT2D eigenvalue weighted by Gasteiger charge is 2.11. The Balaban J connectivity index is 2.69. The quantitative estimate of drug-likeness (QED) is 0.824. The molecule has 0 amide bonds. The summed E-state index contributed by atoms with van der Waals surface area (Å²) in [6.07, 6.45) is -0.629. The van der Waals surface area contributed by atoms with Crippen molar-refractivity contribution in [3.8, 4) is 5.75 Å². The van der Waals surface area contributed by atoms with Gasteiger partial charge in [-0.1, -0.05) is 30.3 Å². The largest absolute Gasteiger partial charge is 0.496 e. The lowest BCUT2D eigenvalue weighted by Gasteiger charge is -2.13. The van der Waals surface area contributed by atoms with Gasteiger partial charge in [-0.2, -0.15) is 0 Å². The first kappa shape index (κ1) is 10.9. The first-order valence-corrected chi connectivity index (χ1v) is 5.21. The molecule has 0 saturated heterocycles. The fraction of sp³-hybridized carbons (Fsp3) is 0.231. The molecular weight excluding hydrogens is 202 g/mol. The fourth-order valence-corrected chi connectivity index (χ4v) is 1.89. The maximum absolute atomic E-state index is 9.83. The molecule has 3 nitrogen and oxygen atoms in total. The Morgan fingerprint density at radius 1 is 1.19 bits per heavy atom. The van der Waals surface area contributed by atoms with E-state index in [-0.39, 0.29) is 6.54 Å². The molecule has 0 aliphatic carbocycles. The molecule has 0 aliphatic rings. The highest BCUT2D eigenvalue weighted by atomic mass is 16.5. The zero-order valence-electron chi connectivity index (χ0n) is 9.18. The summed E-state index contributed by atoms with van der Waals surface area (Å²) in [6, 6.07) is 11.5. The van der Waals surface area contributed by atoms with Crippen LogP contribution in [0.2, 0.25) is 0 Å². The summed E-state index contributed by atoms with van der Waals surface area (Å²) in [4.78, 5) is 0. The summed E-state index contributed by atoms with van der Waals surface area (Å²) in [6.45, 7) is 0.219. The molecule has 0 saturated carbocycles. The standard InChI is InChI=1S/C13H15NO2/c1-16-13-7-6-10(12(15)8-14)9-4-2-3-5-11(9)13/h2-7,12,15H,8,14H2,1H3/t12-/m0/s1. The predicted molar refractivity (Wildman–Crippen MR) is 64.5 cm³/mol. The lowest BCUT2D eigenvalue weighted by atomic mass is 10.00. The van der Waals surface area contributed by atoms with Crippen LogP contribution in [0.25, 0.3) is 10.8 Å². The van der Waals surface area contributed by atoms with Crippen molar-refractivity contribution >= 4 is 10.8 Å². The van der Waals surface area contributed by atoms with Crippen molar-refractivity contribution in [2.45, 2.75) is 6.10 Å². The van der Waals surface area contributed by atoms with Crippen LogP contribution in [0.4, 0.5) is 0 Å². The number of hydrogen-bond donors (Lipinski definition) is 2. The number of methoxy groups -OCH3 is 1. The van der Waals surface area contributed by atoms with Gasteiger partial charge in [-0.05, 0) is 17.0 Å². The second-order valence-electron chi connectivity index (χ2n) is 3.65. The summed E-state index contributed by atoms with van der Waals surface area (Å²) in [7, 11) is 1.64. The van der Waals surface area contributed by atoms with Crippen LogP contribution >= 0.6 is 0 Å². The molecule has 2 aromatic rings. The third-order valence-electron chi connectivity index (χ3n) is 2.72. The van der Waals surface area contributed by atoms with E-state index in [1.807, 2.05) is 36.4 Å². The Hall–Kier alpha value is -1.58. The second-order valence-corrected chi connectivity index (χ2v) is 3.65. The average molecular weight is 217 g/mol. The van der Waals surface area contributed by atoms with Crippen LogP contribution in [-0.2, 0) is 0 Å². The highest BCUT2D eigenvalue weighted by Crippen LogP contribution is 2.31. The molecule has 84 valence electrons. The number of aliphatic hydroxyl groups excluding tert-OH is 1. The Labute approximate surface area is 94.5 Å². The third kappa shape index (κ3) is 1.75. The van der Waals surface area contributed by atoms with Gasteiger partial charge in [0.2, 0.25) is 0 Å². The Morgan fingerprint density at radius 2 is 1.88 bits per heavy atom. The summed E-state index contributed by atoms with van der Waals surface area (Å²) in [5, 5.41) is 11.8. The molecule has 2 aromatic carbocycles. The second kappa shape index (κ2) is 4.51. The number of benzene rings is 2. The lowest BCUT2D eigenvalue weighted by molar-refractivity contribution is 0.188. The third-order valence-corrected chi connectivity index (χ3v) is 2.72. The van der Waals surface area contributed by atoms with Gasteiger partial charge in [-0.3, -0.25) is 0 Å². The van der Waals surface area contributed by atoms with Gasteiger partial charge in [0.05, 0.1) is 13.2 Å². The first-order valence-electron chi connectivity index (χ1n) is 5.21. The van der Waals surface area contributed by atoms with Crippen molar-refractivity contribution in [1.29, 1.82) is 0 Å². The van der Waals surface area contributed by atoms with Crippen LogP contribution in [-0.4, -0.2) is 18.8 Å². The molecule has 1 atom stereocenters. The maximum atomic E-state index is 9.83. The lowest BCUT2D eigenvalue weighted by Crippen LogP contribution is -2.11. The van der Waals surface area contributed by atoms with E-state index in [0.717, 1.165) is 22.1 Å². The van der Waals surface area contributed by atoms with E-state index in [4.69, 9.17) is 10.5 Å². The van der Waals surface area contributed by atoms with E-state index in [0.29, 0.717) is 0 Å². The van der Waals surface area contributed by atoms with Crippen molar-refractivity contribution in [2.75, 3.05) is 13.7 Å². The number of nitrogens with two attached hydrogens (primary N) is 1. The number of rotatable bonds is 3. The van der Waals surface area contributed by atoms with Gasteiger partial charge >= 0.3 is 0 Å². The monoisotopic (exact) mass is 217 g/mol. The molecule has 16 heavy (non-hydrogen) atoms. The molecule has 0 radical (unpaired) electrons. The minimum Gasteiger partial charge on any atom is -0.496 e. The minimum absolute atomic E-state index is 0.219. The predicted octanol–water partition coefficient (Wildman–Crippen LogP) is 1.84. The molecule has 0 unspecified atom stereocenters. The normalized spacial score (nSPS) is 12.7. The minimum atomic E-state index is -0.629. The van der Waals surface area contributed by atoms with E-state index in [9.17, 15) is 5.11 Å². The first-order chi connectivity index (χ1) is 7.77. The smallest absolute Gasteiger partial charge is 0.126 e. The Kier molecular flexibility index (Phi) is 3.08. The molecule has 0 bridgehead atoms. The van der Waals surface area contributed by atoms with Crippen LogP contribution < -0.4 is 10.5 Å². The van der Waals surface area contributed by atoms with E-state index in [2.05, 4.69) is 0 Å². The van der Waals surface area contributed by atoms with E-state index in [1.165, 1.54) is 0 Å². The van der Waals surface area contributed by atoms with Gasteiger partial charge in [0.25, 0.3) is 0 Å². The number of hydrogen-bond acceptors (Lipinski definition) is 3.